The minimum Gasteiger partial charge on any atom is -0.494 e. The molecule has 1 aromatic heterocycles. The van der Waals surface area contributed by atoms with Crippen molar-refractivity contribution in [3.8, 4) is 17.1 Å². The lowest BCUT2D eigenvalue weighted by molar-refractivity contribution is -0.122. The highest BCUT2D eigenvalue weighted by molar-refractivity contribution is 5.84. The van der Waals surface area contributed by atoms with Gasteiger partial charge in [0.1, 0.15) is 12.4 Å². The molecule has 0 atom stereocenters. The first kappa shape index (κ1) is 26.2. The van der Waals surface area contributed by atoms with Crippen LogP contribution in [-0.4, -0.2) is 55.3 Å². The molecule has 3 aromatic rings. The number of hydrogen-bond donors (Lipinski definition) is 2. The SMILES string of the molecule is CCCNCCN(C)c1ccc2nc(-c3ccc(F)c(OC)c3)n(CC(=O)NC(C)C)c(=O)c2c1. The van der Waals surface area contributed by atoms with Gasteiger partial charge in [-0.3, -0.25) is 14.2 Å². The van der Waals surface area contributed by atoms with E-state index in [1.165, 1.54) is 29.9 Å². The van der Waals surface area contributed by atoms with Gasteiger partial charge < -0.3 is 20.3 Å². The Bertz CT molecular complexity index is 1240. The van der Waals surface area contributed by atoms with Gasteiger partial charge in [0, 0.05) is 37.4 Å². The summed E-state index contributed by atoms with van der Waals surface area (Å²) in [5.41, 5.74) is 1.51. The first-order chi connectivity index (χ1) is 16.7. The predicted octanol–water partition coefficient (Wildman–Crippen LogP) is 3.17. The van der Waals surface area contributed by atoms with Crippen molar-refractivity contribution in [2.75, 3.05) is 38.7 Å². The van der Waals surface area contributed by atoms with Gasteiger partial charge in [-0.05, 0) is 63.2 Å². The smallest absolute Gasteiger partial charge is 0.262 e. The predicted molar refractivity (Wildman–Crippen MR) is 138 cm³/mol. The zero-order valence-corrected chi connectivity index (χ0v) is 21.0. The van der Waals surface area contributed by atoms with Crippen LogP contribution >= 0.6 is 0 Å². The van der Waals surface area contributed by atoms with Gasteiger partial charge in [-0.15, -0.1) is 0 Å². The molecule has 0 spiro atoms. The third kappa shape index (κ3) is 6.36. The molecule has 0 saturated carbocycles. The van der Waals surface area contributed by atoms with Crippen molar-refractivity contribution < 1.29 is 13.9 Å². The van der Waals surface area contributed by atoms with Gasteiger partial charge in [0.2, 0.25) is 5.91 Å². The molecule has 0 unspecified atom stereocenters. The summed E-state index contributed by atoms with van der Waals surface area (Å²) in [6.07, 6.45) is 1.07. The molecule has 0 aliphatic carbocycles. The van der Waals surface area contributed by atoms with Crippen LogP contribution in [0.2, 0.25) is 0 Å². The summed E-state index contributed by atoms with van der Waals surface area (Å²) >= 11 is 0. The van der Waals surface area contributed by atoms with Crippen LogP contribution in [-0.2, 0) is 11.3 Å². The van der Waals surface area contributed by atoms with Crippen LogP contribution in [0.3, 0.4) is 0 Å². The molecule has 2 N–H and O–H groups in total. The number of hydrogen-bond acceptors (Lipinski definition) is 6. The number of amides is 1. The van der Waals surface area contributed by atoms with E-state index in [0.29, 0.717) is 16.5 Å². The summed E-state index contributed by atoms with van der Waals surface area (Å²) in [6.45, 7) is 8.16. The maximum absolute atomic E-state index is 14.0. The van der Waals surface area contributed by atoms with Crippen LogP contribution < -0.4 is 25.8 Å². The van der Waals surface area contributed by atoms with E-state index in [1.807, 2.05) is 27.0 Å². The number of carbonyl (C=O) groups is 1. The Kier molecular flexibility index (Phi) is 8.81. The first-order valence-electron chi connectivity index (χ1n) is 11.8. The molecule has 8 nitrogen and oxygen atoms in total. The third-order valence-electron chi connectivity index (χ3n) is 5.59. The van der Waals surface area contributed by atoms with Crippen molar-refractivity contribution in [2.24, 2.45) is 0 Å². The van der Waals surface area contributed by atoms with Crippen molar-refractivity contribution in [1.29, 1.82) is 0 Å². The highest BCUT2D eigenvalue weighted by atomic mass is 19.1. The normalized spacial score (nSPS) is 11.2. The Balaban J connectivity index is 2.09. The van der Waals surface area contributed by atoms with Crippen LogP contribution in [0.4, 0.5) is 10.1 Å². The molecule has 0 radical (unpaired) electrons. The number of nitrogens with one attached hydrogen (secondary N) is 2. The maximum Gasteiger partial charge on any atom is 0.262 e. The van der Waals surface area contributed by atoms with Gasteiger partial charge in [0.25, 0.3) is 5.56 Å². The summed E-state index contributed by atoms with van der Waals surface area (Å²) in [6, 6.07) is 9.69. The second-order valence-electron chi connectivity index (χ2n) is 8.77. The number of benzene rings is 2. The lowest BCUT2D eigenvalue weighted by atomic mass is 10.1. The van der Waals surface area contributed by atoms with Crippen molar-refractivity contribution in [1.82, 2.24) is 20.2 Å². The third-order valence-corrected chi connectivity index (χ3v) is 5.59. The lowest BCUT2D eigenvalue weighted by Crippen LogP contribution is -2.37. The van der Waals surface area contributed by atoms with E-state index < -0.39 is 5.82 Å². The van der Waals surface area contributed by atoms with Crippen molar-refractivity contribution in [3.63, 3.8) is 0 Å². The van der Waals surface area contributed by atoms with E-state index >= 15 is 0 Å². The average Bonchev–Trinajstić information content (AvgIpc) is 2.83. The van der Waals surface area contributed by atoms with Crippen LogP contribution in [0, 0.1) is 5.82 Å². The molecule has 0 aliphatic heterocycles. The fraction of sp³-hybridized carbons (Fsp3) is 0.423. The highest BCUT2D eigenvalue weighted by Crippen LogP contribution is 2.27. The summed E-state index contributed by atoms with van der Waals surface area (Å²) in [5.74, 6) is -0.535. The Morgan fingerprint density at radius 3 is 2.66 bits per heavy atom. The molecule has 2 aromatic carbocycles. The van der Waals surface area contributed by atoms with Crippen LogP contribution in [0.25, 0.3) is 22.3 Å². The zero-order chi connectivity index (χ0) is 25.5. The van der Waals surface area contributed by atoms with E-state index in [-0.39, 0.29) is 35.6 Å². The topological polar surface area (TPSA) is 88.5 Å². The Morgan fingerprint density at radius 1 is 1.20 bits per heavy atom. The van der Waals surface area contributed by atoms with Crippen molar-refractivity contribution in [2.45, 2.75) is 39.8 Å². The molecule has 35 heavy (non-hydrogen) atoms. The lowest BCUT2D eigenvalue weighted by Gasteiger charge is -2.20. The van der Waals surface area contributed by atoms with E-state index in [0.717, 1.165) is 31.7 Å². The van der Waals surface area contributed by atoms with Gasteiger partial charge in [0.15, 0.2) is 11.6 Å². The van der Waals surface area contributed by atoms with Crippen LogP contribution in [0.15, 0.2) is 41.2 Å². The fourth-order valence-electron chi connectivity index (χ4n) is 3.80. The molecule has 1 heterocycles. The largest absolute Gasteiger partial charge is 0.494 e. The van der Waals surface area contributed by atoms with Gasteiger partial charge >= 0.3 is 0 Å². The number of aromatic nitrogens is 2. The zero-order valence-electron chi connectivity index (χ0n) is 21.0. The van der Waals surface area contributed by atoms with Gasteiger partial charge in [-0.25, -0.2) is 9.37 Å². The monoisotopic (exact) mass is 483 g/mol. The fourth-order valence-corrected chi connectivity index (χ4v) is 3.80. The Morgan fingerprint density at radius 2 is 1.97 bits per heavy atom. The molecule has 1 amide bonds. The van der Waals surface area contributed by atoms with E-state index in [1.54, 1.807) is 12.1 Å². The van der Waals surface area contributed by atoms with Crippen molar-refractivity contribution in [3.05, 3.63) is 52.6 Å². The van der Waals surface area contributed by atoms with Gasteiger partial charge in [-0.1, -0.05) is 6.92 Å². The molecule has 9 heteroatoms. The number of anilines is 1. The Labute approximate surface area is 205 Å². The summed E-state index contributed by atoms with van der Waals surface area (Å²) in [5, 5.41) is 6.59. The quantitative estimate of drug-likeness (QED) is 0.408. The van der Waals surface area contributed by atoms with E-state index in [4.69, 9.17) is 9.72 Å². The molecule has 0 saturated heterocycles. The summed E-state index contributed by atoms with van der Waals surface area (Å²) in [7, 11) is 3.34. The number of ether oxygens (including phenoxy) is 1. The minimum atomic E-state index is -0.524. The first-order valence-corrected chi connectivity index (χ1v) is 11.8. The average molecular weight is 484 g/mol. The minimum absolute atomic E-state index is 0.0312. The molecular formula is C26H34FN5O3. The molecule has 3 rings (SSSR count). The second-order valence-corrected chi connectivity index (χ2v) is 8.77. The van der Waals surface area contributed by atoms with Crippen molar-refractivity contribution >= 4 is 22.5 Å². The van der Waals surface area contributed by atoms with Crippen LogP contribution in [0.5, 0.6) is 5.75 Å². The molecule has 188 valence electrons. The second kappa shape index (κ2) is 11.8. The van der Waals surface area contributed by atoms with E-state index in [2.05, 4.69) is 22.5 Å². The Hall–Kier alpha value is -3.46. The van der Waals surface area contributed by atoms with Gasteiger partial charge in [-0.2, -0.15) is 0 Å². The maximum atomic E-state index is 14.0. The number of halogens is 1. The summed E-state index contributed by atoms with van der Waals surface area (Å²) in [4.78, 5) is 33.0. The standard InChI is InChI=1S/C26H34FN5O3/c1-6-11-28-12-13-31(4)19-8-10-22-20(15-19)26(34)32(16-24(33)29-17(2)3)25(30-22)18-7-9-21(27)23(14-18)35-5/h7-10,14-15,17,28H,6,11-13,16H2,1-5H3,(H,29,33). The number of methoxy groups -OCH3 is 1. The molecule has 0 fully saturated rings. The van der Waals surface area contributed by atoms with Gasteiger partial charge in [0.05, 0.1) is 18.0 Å². The molecule has 0 bridgehead atoms. The van der Waals surface area contributed by atoms with E-state index in [9.17, 15) is 14.0 Å². The van der Waals surface area contributed by atoms with Crippen LogP contribution in [0.1, 0.15) is 27.2 Å². The summed E-state index contributed by atoms with van der Waals surface area (Å²) < 4.78 is 20.5. The number of fused-ring (bicyclic) bond motifs is 1. The molecule has 0 aliphatic rings. The molecular weight excluding hydrogens is 449 g/mol. The number of nitrogens with zero attached hydrogens (tertiary/aromatic N) is 3. The number of carbonyl (C=O) groups excluding carboxylic acids is 1. The highest BCUT2D eigenvalue weighted by Gasteiger charge is 2.18. The number of likely N-dealkylation sites (N-methyl/N-ethyl adjacent to an activating group) is 1. The number of rotatable bonds is 11.